The summed E-state index contributed by atoms with van der Waals surface area (Å²) < 4.78 is 6.29. The van der Waals surface area contributed by atoms with Gasteiger partial charge >= 0.3 is 5.97 Å². The van der Waals surface area contributed by atoms with E-state index in [0.717, 1.165) is 30.3 Å². The van der Waals surface area contributed by atoms with E-state index < -0.39 is 5.97 Å². The van der Waals surface area contributed by atoms with Crippen LogP contribution in [0.5, 0.6) is 0 Å². The Bertz CT molecular complexity index is 1290. The Morgan fingerprint density at radius 1 is 0.914 bits per heavy atom. The van der Waals surface area contributed by atoms with Crippen LogP contribution in [0.1, 0.15) is 22.4 Å². The molecule has 0 bridgehead atoms. The number of methoxy groups -OCH3 is 1. The standard InChI is InChI=1S/C29H28N2O4/c1-35-29(34)26(20-32)28-25(24-14-8-9-15-27(24)31(28)21-33)16-17-30(18-22-10-4-2-5-11-22)19-23-12-6-3-7-13-23/h2-15,20-21,32H,16-19H2,1H3/b26-20+. The van der Waals surface area contributed by atoms with Crippen molar-refractivity contribution >= 4 is 28.9 Å². The summed E-state index contributed by atoms with van der Waals surface area (Å²) in [5.41, 5.74) is 4.19. The highest BCUT2D eigenvalue weighted by Crippen LogP contribution is 2.31. The molecule has 0 saturated carbocycles. The second-order valence-corrected chi connectivity index (χ2v) is 8.29. The molecule has 35 heavy (non-hydrogen) atoms. The molecule has 0 spiro atoms. The molecule has 0 atom stereocenters. The fraction of sp³-hybridized carbons (Fsp3) is 0.172. The zero-order valence-corrected chi connectivity index (χ0v) is 19.6. The molecular formula is C29H28N2O4. The number of aliphatic hydroxyl groups is 1. The van der Waals surface area contributed by atoms with Crippen molar-refractivity contribution in [3.05, 3.63) is 114 Å². The first kappa shape index (κ1) is 24.0. The molecule has 3 aromatic carbocycles. The summed E-state index contributed by atoms with van der Waals surface area (Å²) in [7, 11) is 1.25. The summed E-state index contributed by atoms with van der Waals surface area (Å²) in [5, 5.41) is 10.8. The van der Waals surface area contributed by atoms with Gasteiger partial charge in [-0.05, 0) is 29.2 Å². The minimum absolute atomic E-state index is 0.0523. The van der Waals surface area contributed by atoms with Crippen molar-refractivity contribution in [3.8, 4) is 0 Å². The number of carbonyl (C=O) groups is 2. The molecule has 4 aromatic rings. The number of para-hydroxylation sites is 1. The molecule has 0 aliphatic carbocycles. The first-order valence-electron chi connectivity index (χ1n) is 11.5. The molecule has 0 saturated heterocycles. The Balaban J connectivity index is 1.72. The lowest BCUT2D eigenvalue weighted by atomic mass is 10.0. The number of aromatic nitrogens is 1. The van der Waals surface area contributed by atoms with Crippen LogP contribution in [0.25, 0.3) is 16.5 Å². The predicted molar refractivity (Wildman–Crippen MR) is 137 cm³/mol. The van der Waals surface area contributed by atoms with Crippen molar-refractivity contribution in [2.75, 3.05) is 13.7 Å². The number of aliphatic hydroxyl groups excluding tert-OH is 1. The molecule has 178 valence electrons. The summed E-state index contributed by atoms with van der Waals surface area (Å²) in [6.45, 7) is 2.16. The molecule has 1 aromatic heterocycles. The van der Waals surface area contributed by atoms with Crippen molar-refractivity contribution in [1.29, 1.82) is 0 Å². The topological polar surface area (TPSA) is 71.8 Å². The molecule has 1 heterocycles. The van der Waals surface area contributed by atoms with Crippen LogP contribution < -0.4 is 0 Å². The molecule has 0 unspecified atom stereocenters. The largest absolute Gasteiger partial charge is 0.515 e. The molecule has 4 rings (SSSR count). The summed E-state index contributed by atoms with van der Waals surface area (Å²) in [4.78, 5) is 26.9. The van der Waals surface area contributed by atoms with Gasteiger partial charge in [-0.2, -0.15) is 0 Å². The van der Waals surface area contributed by atoms with E-state index in [2.05, 4.69) is 29.2 Å². The predicted octanol–water partition coefficient (Wildman–Crippen LogP) is 5.00. The van der Waals surface area contributed by atoms with E-state index in [-0.39, 0.29) is 5.57 Å². The number of rotatable bonds is 10. The smallest absolute Gasteiger partial charge is 0.343 e. The normalized spacial score (nSPS) is 11.7. The lowest BCUT2D eigenvalue weighted by Crippen LogP contribution is -2.25. The van der Waals surface area contributed by atoms with Crippen molar-refractivity contribution in [1.82, 2.24) is 9.47 Å². The quantitative estimate of drug-likeness (QED) is 0.154. The Labute approximate surface area is 204 Å². The van der Waals surface area contributed by atoms with Gasteiger partial charge in [0.1, 0.15) is 5.57 Å². The number of esters is 1. The third kappa shape index (κ3) is 5.34. The van der Waals surface area contributed by atoms with Crippen molar-refractivity contribution in [3.63, 3.8) is 0 Å². The fourth-order valence-corrected chi connectivity index (χ4v) is 4.47. The molecule has 1 N–H and O–H groups in total. The van der Waals surface area contributed by atoms with E-state index in [1.165, 1.54) is 22.8 Å². The average Bonchev–Trinajstić information content (AvgIpc) is 3.21. The Kier molecular flexibility index (Phi) is 7.75. The van der Waals surface area contributed by atoms with E-state index >= 15 is 0 Å². The van der Waals surface area contributed by atoms with Gasteiger partial charge in [-0.15, -0.1) is 0 Å². The Hall–Kier alpha value is -4.16. The summed E-state index contributed by atoms with van der Waals surface area (Å²) in [6.07, 6.45) is 1.94. The van der Waals surface area contributed by atoms with Gasteiger partial charge in [0.2, 0.25) is 6.41 Å². The maximum atomic E-state index is 12.5. The highest BCUT2D eigenvalue weighted by molar-refractivity contribution is 6.18. The van der Waals surface area contributed by atoms with E-state index in [4.69, 9.17) is 4.74 Å². The molecule has 0 aliphatic rings. The second kappa shape index (κ2) is 11.3. The van der Waals surface area contributed by atoms with Gasteiger partial charge < -0.3 is 9.84 Å². The Morgan fingerprint density at radius 2 is 1.49 bits per heavy atom. The van der Waals surface area contributed by atoms with Gasteiger partial charge in [-0.25, -0.2) is 4.79 Å². The van der Waals surface area contributed by atoms with Crippen molar-refractivity contribution in [2.45, 2.75) is 19.5 Å². The number of fused-ring (bicyclic) bond motifs is 1. The molecule has 0 aliphatic heterocycles. The third-order valence-electron chi connectivity index (χ3n) is 6.09. The van der Waals surface area contributed by atoms with Crippen LogP contribution in [0.15, 0.2) is 91.2 Å². The monoisotopic (exact) mass is 468 g/mol. The van der Waals surface area contributed by atoms with Crippen LogP contribution in [0, 0.1) is 0 Å². The molecular weight excluding hydrogens is 440 g/mol. The lowest BCUT2D eigenvalue weighted by Gasteiger charge is -2.23. The second-order valence-electron chi connectivity index (χ2n) is 8.29. The van der Waals surface area contributed by atoms with E-state index in [0.29, 0.717) is 30.6 Å². The number of carbonyl (C=O) groups excluding carboxylic acids is 2. The summed E-state index contributed by atoms with van der Waals surface area (Å²) in [5.74, 6) is -0.704. The summed E-state index contributed by atoms with van der Waals surface area (Å²) >= 11 is 0. The highest BCUT2D eigenvalue weighted by atomic mass is 16.5. The van der Waals surface area contributed by atoms with E-state index in [1.807, 2.05) is 60.7 Å². The molecule has 0 fully saturated rings. The zero-order chi connectivity index (χ0) is 24.6. The SMILES string of the molecule is COC(=O)/C(=C/O)c1c(CCN(Cc2ccccc2)Cc2ccccc2)c2ccccc2n1C=O. The molecule has 0 radical (unpaired) electrons. The van der Waals surface area contributed by atoms with E-state index in [1.54, 1.807) is 0 Å². The molecule has 6 heteroatoms. The minimum atomic E-state index is -0.704. The number of nitrogens with zero attached hydrogens (tertiary/aromatic N) is 2. The van der Waals surface area contributed by atoms with Crippen LogP contribution in [-0.4, -0.2) is 40.6 Å². The lowest BCUT2D eigenvalue weighted by molar-refractivity contribution is -0.133. The number of ether oxygens (including phenoxy) is 1. The fourth-order valence-electron chi connectivity index (χ4n) is 4.47. The van der Waals surface area contributed by atoms with Crippen LogP contribution in [-0.2, 0) is 33.8 Å². The van der Waals surface area contributed by atoms with Crippen molar-refractivity contribution in [2.24, 2.45) is 0 Å². The molecule has 0 amide bonds. The van der Waals surface area contributed by atoms with E-state index in [9.17, 15) is 14.7 Å². The first-order valence-corrected chi connectivity index (χ1v) is 11.5. The van der Waals surface area contributed by atoms with Gasteiger partial charge in [-0.1, -0.05) is 78.9 Å². The van der Waals surface area contributed by atoms with Crippen LogP contribution >= 0.6 is 0 Å². The number of hydrogen-bond acceptors (Lipinski definition) is 5. The number of hydrogen-bond donors (Lipinski definition) is 1. The maximum absolute atomic E-state index is 12.5. The van der Waals surface area contributed by atoms with Crippen LogP contribution in [0.4, 0.5) is 0 Å². The van der Waals surface area contributed by atoms with Gasteiger partial charge in [0, 0.05) is 25.0 Å². The van der Waals surface area contributed by atoms with Gasteiger partial charge in [-0.3, -0.25) is 14.3 Å². The average molecular weight is 469 g/mol. The number of benzene rings is 3. The maximum Gasteiger partial charge on any atom is 0.343 e. The zero-order valence-electron chi connectivity index (χ0n) is 19.6. The first-order chi connectivity index (χ1) is 17.2. The van der Waals surface area contributed by atoms with Gasteiger partial charge in [0.15, 0.2) is 0 Å². The van der Waals surface area contributed by atoms with Crippen LogP contribution in [0.3, 0.4) is 0 Å². The Morgan fingerprint density at radius 3 is 2.03 bits per heavy atom. The minimum Gasteiger partial charge on any atom is -0.515 e. The van der Waals surface area contributed by atoms with Crippen molar-refractivity contribution < 1.29 is 19.4 Å². The van der Waals surface area contributed by atoms with Crippen LogP contribution in [0.2, 0.25) is 0 Å². The molecule has 6 nitrogen and oxygen atoms in total. The summed E-state index contributed by atoms with van der Waals surface area (Å²) in [6, 6.07) is 28.0. The van der Waals surface area contributed by atoms with Gasteiger partial charge in [0.05, 0.1) is 24.6 Å². The highest BCUT2D eigenvalue weighted by Gasteiger charge is 2.25. The third-order valence-corrected chi connectivity index (χ3v) is 6.09. The van der Waals surface area contributed by atoms with Gasteiger partial charge in [0.25, 0.3) is 0 Å².